The summed E-state index contributed by atoms with van der Waals surface area (Å²) in [5.74, 6) is 1.06. The van der Waals surface area contributed by atoms with E-state index in [1.54, 1.807) is 0 Å². The lowest BCUT2D eigenvalue weighted by molar-refractivity contribution is 0.106. The number of ether oxygens (including phenoxy) is 1. The van der Waals surface area contributed by atoms with Crippen LogP contribution in [0.25, 0.3) is 0 Å². The van der Waals surface area contributed by atoms with Crippen molar-refractivity contribution >= 4 is 23.4 Å². The molecule has 0 spiro atoms. The van der Waals surface area contributed by atoms with Crippen molar-refractivity contribution in [1.29, 1.82) is 0 Å². The van der Waals surface area contributed by atoms with Gasteiger partial charge in [0.2, 0.25) is 5.95 Å². The van der Waals surface area contributed by atoms with E-state index in [9.17, 15) is 0 Å². The minimum atomic E-state index is 0.288. The largest absolute Gasteiger partial charge is 0.377 e. The van der Waals surface area contributed by atoms with E-state index in [4.69, 9.17) is 22.1 Å². The molecular weight excluding hydrogens is 302 g/mol. The Morgan fingerprint density at radius 2 is 2.09 bits per heavy atom. The number of nitrogens with two attached hydrogens (primary N) is 1. The summed E-state index contributed by atoms with van der Waals surface area (Å²) in [7, 11) is 0. The molecule has 2 saturated heterocycles. The normalized spacial score (nSPS) is 23.2. The van der Waals surface area contributed by atoms with E-state index >= 15 is 0 Å². The smallest absolute Gasteiger partial charge is 0.222 e. The molecule has 2 aliphatic rings. The van der Waals surface area contributed by atoms with Gasteiger partial charge >= 0.3 is 0 Å². The van der Waals surface area contributed by atoms with E-state index in [1.165, 1.54) is 12.8 Å². The average Bonchev–Trinajstić information content (AvgIpc) is 3.03. The molecule has 1 atom stereocenters. The maximum Gasteiger partial charge on any atom is 0.222 e. The molecule has 3 N–H and O–H groups in total. The molecule has 6 nitrogen and oxygen atoms in total. The standard InChI is InChI=1S/C15H24ClN5O/c1-10-13(16)14(20-15(17)19-10)21-6-4-11(5-7-21)18-9-12-3-2-8-22-12/h11-12,18H,2-9H2,1H3,(H2,17,19,20)/t12-/m1/s1. The van der Waals surface area contributed by atoms with Crippen molar-refractivity contribution in [3.63, 3.8) is 0 Å². The van der Waals surface area contributed by atoms with Gasteiger partial charge in [-0.2, -0.15) is 4.98 Å². The maximum atomic E-state index is 6.33. The summed E-state index contributed by atoms with van der Waals surface area (Å²) in [6, 6.07) is 0.541. The Morgan fingerprint density at radius 3 is 2.77 bits per heavy atom. The highest BCUT2D eigenvalue weighted by molar-refractivity contribution is 6.33. The number of anilines is 2. The van der Waals surface area contributed by atoms with E-state index in [1.807, 2.05) is 6.92 Å². The van der Waals surface area contributed by atoms with Crippen molar-refractivity contribution in [1.82, 2.24) is 15.3 Å². The number of nitrogens with one attached hydrogen (secondary N) is 1. The topological polar surface area (TPSA) is 76.3 Å². The minimum absolute atomic E-state index is 0.288. The van der Waals surface area contributed by atoms with E-state index in [0.717, 1.165) is 50.6 Å². The Kier molecular flexibility index (Phi) is 5.00. The first-order valence-corrected chi connectivity index (χ1v) is 8.41. The molecule has 2 aliphatic heterocycles. The number of nitrogens with zero attached hydrogens (tertiary/aromatic N) is 3. The van der Waals surface area contributed by atoms with Crippen LogP contribution in [0.1, 0.15) is 31.4 Å². The molecule has 3 rings (SSSR count). The molecule has 1 aromatic heterocycles. The molecule has 0 unspecified atom stereocenters. The van der Waals surface area contributed by atoms with Gasteiger partial charge < -0.3 is 20.7 Å². The number of hydrogen-bond acceptors (Lipinski definition) is 6. The van der Waals surface area contributed by atoms with E-state index in [-0.39, 0.29) is 5.95 Å². The fourth-order valence-corrected chi connectivity index (χ4v) is 3.38. The fraction of sp³-hybridized carbons (Fsp3) is 0.733. The highest BCUT2D eigenvalue weighted by Crippen LogP contribution is 2.28. The van der Waals surface area contributed by atoms with Crippen LogP contribution in [0, 0.1) is 6.92 Å². The SMILES string of the molecule is Cc1nc(N)nc(N2CCC(NC[C@H]3CCCO3)CC2)c1Cl. The number of piperidine rings is 1. The lowest BCUT2D eigenvalue weighted by Gasteiger charge is -2.34. The third-order valence-corrected chi connectivity index (χ3v) is 4.91. The first-order chi connectivity index (χ1) is 10.6. The van der Waals surface area contributed by atoms with Gasteiger partial charge in [-0.25, -0.2) is 4.98 Å². The quantitative estimate of drug-likeness (QED) is 0.878. The first-order valence-electron chi connectivity index (χ1n) is 8.03. The molecule has 122 valence electrons. The van der Waals surface area contributed by atoms with Crippen LogP contribution in [-0.4, -0.2) is 48.4 Å². The first kappa shape index (κ1) is 15.8. The Balaban J connectivity index is 1.53. The number of aryl methyl sites for hydroxylation is 1. The van der Waals surface area contributed by atoms with Crippen LogP contribution >= 0.6 is 11.6 Å². The second-order valence-corrected chi connectivity index (χ2v) is 6.49. The van der Waals surface area contributed by atoms with Crippen LogP contribution in [0.4, 0.5) is 11.8 Å². The van der Waals surface area contributed by atoms with Gasteiger partial charge in [0.25, 0.3) is 0 Å². The van der Waals surface area contributed by atoms with Crippen molar-refractivity contribution < 1.29 is 4.74 Å². The lowest BCUT2D eigenvalue weighted by atomic mass is 10.0. The Morgan fingerprint density at radius 1 is 1.32 bits per heavy atom. The van der Waals surface area contributed by atoms with Gasteiger partial charge in [-0.3, -0.25) is 0 Å². The van der Waals surface area contributed by atoms with E-state index in [0.29, 0.717) is 17.2 Å². The van der Waals surface area contributed by atoms with Crippen LogP contribution in [-0.2, 0) is 4.74 Å². The summed E-state index contributed by atoms with van der Waals surface area (Å²) in [6.45, 7) is 5.60. The summed E-state index contributed by atoms with van der Waals surface area (Å²) < 4.78 is 5.66. The molecule has 0 bridgehead atoms. The zero-order valence-electron chi connectivity index (χ0n) is 13.0. The summed E-state index contributed by atoms with van der Waals surface area (Å²) in [5.41, 5.74) is 6.48. The highest BCUT2D eigenvalue weighted by Gasteiger charge is 2.24. The van der Waals surface area contributed by atoms with Crippen LogP contribution in [0.5, 0.6) is 0 Å². The summed E-state index contributed by atoms with van der Waals surface area (Å²) in [6.07, 6.45) is 4.92. The molecule has 0 saturated carbocycles. The summed E-state index contributed by atoms with van der Waals surface area (Å²) >= 11 is 6.33. The number of halogens is 1. The van der Waals surface area contributed by atoms with Gasteiger partial charge in [0.15, 0.2) is 5.82 Å². The average molecular weight is 326 g/mol. The second kappa shape index (κ2) is 6.98. The molecule has 3 heterocycles. The van der Waals surface area contributed by atoms with Crippen LogP contribution in [0.2, 0.25) is 5.02 Å². The van der Waals surface area contributed by atoms with Gasteiger partial charge in [0, 0.05) is 32.3 Å². The minimum Gasteiger partial charge on any atom is -0.377 e. The van der Waals surface area contributed by atoms with Crippen molar-refractivity contribution in [2.24, 2.45) is 0 Å². The predicted molar refractivity (Wildman–Crippen MR) is 88.4 cm³/mol. The molecule has 7 heteroatoms. The van der Waals surface area contributed by atoms with Gasteiger partial charge in [-0.05, 0) is 32.6 Å². The number of rotatable bonds is 4. The zero-order chi connectivity index (χ0) is 15.5. The molecular formula is C15H24ClN5O. The summed E-state index contributed by atoms with van der Waals surface area (Å²) in [5, 5.41) is 4.24. The number of hydrogen-bond donors (Lipinski definition) is 2. The third-order valence-electron chi connectivity index (χ3n) is 4.47. The van der Waals surface area contributed by atoms with Crippen molar-refractivity contribution in [2.45, 2.75) is 44.8 Å². The van der Waals surface area contributed by atoms with Crippen LogP contribution < -0.4 is 16.0 Å². The number of aromatic nitrogens is 2. The molecule has 2 fully saturated rings. The molecule has 0 amide bonds. The van der Waals surface area contributed by atoms with Gasteiger partial charge in [-0.15, -0.1) is 0 Å². The molecule has 0 aromatic carbocycles. The Bertz CT molecular complexity index is 513. The summed E-state index contributed by atoms with van der Waals surface area (Å²) in [4.78, 5) is 10.6. The van der Waals surface area contributed by atoms with Crippen molar-refractivity contribution in [2.75, 3.05) is 36.9 Å². The van der Waals surface area contributed by atoms with Gasteiger partial charge in [0.05, 0.1) is 11.8 Å². The highest BCUT2D eigenvalue weighted by atomic mass is 35.5. The lowest BCUT2D eigenvalue weighted by Crippen LogP contribution is -2.45. The van der Waals surface area contributed by atoms with Crippen molar-refractivity contribution in [3.05, 3.63) is 10.7 Å². The number of nitrogen functional groups attached to an aromatic ring is 1. The predicted octanol–water partition coefficient (Wildman–Crippen LogP) is 1.76. The molecule has 22 heavy (non-hydrogen) atoms. The second-order valence-electron chi connectivity index (χ2n) is 6.11. The van der Waals surface area contributed by atoms with Gasteiger partial charge in [-0.1, -0.05) is 11.6 Å². The monoisotopic (exact) mass is 325 g/mol. The van der Waals surface area contributed by atoms with Crippen molar-refractivity contribution in [3.8, 4) is 0 Å². The molecule has 0 radical (unpaired) electrons. The Labute approximate surface area is 136 Å². The molecule has 1 aromatic rings. The van der Waals surface area contributed by atoms with E-state index < -0.39 is 0 Å². The van der Waals surface area contributed by atoms with E-state index in [2.05, 4.69) is 20.2 Å². The maximum absolute atomic E-state index is 6.33. The van der Waals surface area contributed by atoms with Crippen LogP contribution in [0.15, 0.2) is 0 Å². The molecule has 0 aliphatic carbocycles. The van der Waals surface area contributed by atoms with Crippen LogP contribution in [0.3, 0.4) is 0 Å². The zero-order valence-corrected chi connectivity index (χ0v) is 13.8. The third kappa shape index (κ3) is 3.62. The van der Waals surface area contributed by atoms with Gasteiger partial charge in [0.1, 0.15) is 5.02 Å². The fourth-order valence-electron chi connectivity index (χ4n) is 3.17. The Hall–Kier alpha value is -1.11.